The molecule has 0 saturated carbocycles. The molecule has 1 heterocycles. The fourth-order valence-electron chi connectivity index (χ4n) is 3.36. The maximum Gasteiger partial charge on any atom is 0.317 e. The van der Waals surface area contributed by atoms with E-state index in [1.165, 1.54) is 6.07 Å². The molecule has 2 atom stereocenters. The summed E-state index contributed by atoms with van der Waals surface area (Å²) < 4.78 is 13.7. The minimum atomic E-state index is -0.856. The predicted molar refractivity (Wildman–Crippen MR) is 77.9 cm³/mol. The summed E-state index contributed by atoms with van der Waals surface area (Å²) >= 11 is 0. The normalized spacial score (nSPS) is 24.0. The second kappa shape index (κ2) is 5.94. The molecule has 0 bridgehead atoms. The molecule has 1 aromatic carbocycles. The second-order valence-electron chi connectivity index (χ2n) is 5.97. The van der Waals surface area contributed by atoms with Gasteiger partial charge in [0.05, 0.1) is 12.0 Å². The van der Waals surface area contributed by atoms with Crippen LogP contribution < -0.4 is 5.32 Å². The fraction of sp³-hybridized carbons (Fsp3) is 0.500. The molecule has 6 heteroatoms. The van der Waals surface area contributed by atoms with Crippen LogP contribution >= 0.6 is 0 Å². The molecule has 22 heavy (non-hydrogen) atoms. The van der Waals surface area contributed by atoms with Gasteiger partial charge in [-0.3, -0.25) is 4.79 Å². The zero-order chi connectivity index (χ0) is 15.7. The Hall–Kier alpha value is -2.11. The van der Waals surface area contributed by atoms with Gasteiger partial charge in [0.1, 0.15) is 5.82 Å². The molecule has 2 amide bonds. The minimum absolute atomic E-state index is 0.191. The first kappa shape index (κ1) is 14.8. The van der Waals surface area contributed by atoms with E-state index in [2.05, 4.69) is 5.32 Å². The zero-order valence-electron chi connectivity index (χ0n) is 12.2. The highest BCUT2D eigenvalue weighted by Gasteiger charge is 2.31. The molecule has 1 aliphatic carbocycles. The molecule has 2 unspecified atom stereocenters. The monoisotopic (exact) mass is 306 g/mol. The standard InChI is InChI=1S/C16H19FN2O3/c17-13-5-1-4-12-11(13)6-7-14(12)18-16(22)19-8-2-3-10(9-19)15(20)21/h1,4-5,10,14H,2-3,6-9H2,(H,18,22)(H,20,21). The van der Waals surface area contributed by atoms with Crippen molar-refractivity contribution in [3.05, 3.63) is 35.1 Å². The average Bonchev–Trinajstić information content (AvgIpc) is 2.92. The van der Waals surface area contributed by atoms with Crippen molar-refractivity contribution in [1.29, 1.82) is 0 Å². The number of piperidine rings is 1. The summed E-state index contributed by atoms with van der Waals surface area (Å²) in [5, 5.41) is 12.0. The molecule has 0 radical (unpaired) electrons. The van der Waals surface area contributed by atoms with Gasteiger partial charge < -0.3 is 15.3 Å². The lowest BCUT2D eigenvalue weighted by Gasteiger charge is -2.31. The van der Waals surface area contributed by atoms with E-state index in [1.54, 1.807) is 11.0 Å². The Balaban J connectivity index is 1.66. The van der Waals surface area contributed by atoms with Crippen molar-refractivity contribution in [2.24, 2.45) is 5.92 Å². The quantitative estimate of drug-likeness (QED) is 0.881. The first-order chi connectivity index (χ1) is 10.6. The molecule has 1 aliphatic heterocycles. The molecule has 2 aliphatic rings. The number of aliphatic carboxylic acids is 1. The zero-order valence-corrected chi connectivity index (χ0v) is 12.2. The van der Waals surface area contributed by atoms with Gasteiger partial charge in [0.2, 0.25) is 0 Å². The first-order valence-corrected chi connectivity index (χ1v) is 7.62. The van der Waals surface area contributed by atoms with Crippen molar-refractivity contribution in [2.45, 2.75) is 31.7 Å². The summed E-state index contributed by atoms with van der Waals surface area (Å²) in [6.45, 7) is 0.808. The van der Waals surface area contributed by atoms with Gasteiger partial charge in [-0.05, 0) is 42.9 Å². The van der Waals surface area contributed by atoms with Gasteiger partial charge in [0.15, 0.2) is 0 Å². The number of carbonyl (C=O) groups is 2. The van der Waals surface area contributed by atoms with Gasteiger partial charge in [0.25, 0.3) is 0 Å². The maximum absolute atomic E-state index is 13.7. The van der Waals surface area contributed by atoms with Crippen LogP contribution in [0.15, 0.2) is 18.2 Å². The number of carbonyl (C=O) groups excluding carboxylic acids is 1. The fourth-order valence-corrected chi connectivity index (χ4v) is 3.36. The maximum atomic E-state index is 13.7. The molecule has 2 N–H and O–H groups in total. The summed E-state index contributed by atoms with van der Waals surface area (Å²) in [4.78, 5) is 25.0. The van der Waals surface area contributed by atoms with Crippen LogP contribution in [0.4, 0.5) is 9.18 Å². The largest absolute Gasteiger partial charge is 0.481 e. The highest BCUT2D eigenvalue weighted by molar-refractivity contribution is 5.77. The number of hydrogen-bond acceptors (Lipinski definition) is 2. The molecule has 118 valence electrons. The van der Waals surface area contributed by atoms with E-state index in [0.717, 1.165) is 5.56 Å². The molecular weight excluding hydrogens is 287 g/mol. The number of urea groups is 1. The number of benzene rings is 1. The Kier molecular flexibility index (Phi) is 4.00. The van der Waals surface area contributed by atoms with Crippen LogP contribution in [-0.2, 0) is 11.2 Å². The summed E-state index contributed by atoms with van der Waals surface area (Å²) in [5.74, 6) is -1.57. The number of rotatable bonds is 2. The number of carboxylic acids is 1. The summed E-state index contributed by atoms with van der Waals surface area (Å²) in [7, 11) is 0. The number of halogens is 1. The van der Waals surface area contributed by atoms with E-state index in [-0.39, 0.29) is 24.4 Å². The Morgan fingerprint density at radius 3 is 2.91 bits per heavy atom. The van der Waals surface area contributed by atoms with Crippen molar-refractivity contribution in [3.8, 4) is 0 Å². The summed E-state index contributed by atoms with van der Waals surface area (Å²) in [6.07, 6.45) is 2.60. The number of nitrogens with one attached hydrogen (secondary N) is 1. The van der Waals surface area contributed by atoms with Crippen molar-refractivity contribution in [1.82, 2.24) is 10.2 Å². The van der Waals surface area contributed by atoms with Gasteiger partial charge >= 0.3 is 12.0 Å². The van der Waals surface area contributed by atoms with Crippen LogP contribution in [0.5, 0.6) is 0 Å². The average molecular weight is 306 g/mol. The Morgan fingerprint density at radius 2 is 2.14 bits per heavy atom. The van der Waals surface area contributed by atoms with E-state index < -0.39 is 11.9 Å². The lowest BCUT2D eigenvalue weighted by molar-refractivity contribution is -0.143. The van der Waals surface area contributed by atoms with Crippen LogP contribution in [-0.4, -0.2) is 35.1 Å². The number of fused-ring (bicyclic) bond motifs is 1. The molecule has 5 nitrogen and oxygen atoms in total. The van der Waals surface area contributed by atoms with E-state index in [4.69, 9.17) is 5.11 Å². The predicted octanol–water partition coefficient (Wildman–Crippen LogP) is 2.32. The van der Waals surface area contributed by atoms with E-state index in [9.17, 15) is 14.0 Å². The number of nitrogens with zero attached hydrogens (tertiary/aromatic N) is 1. The molecular formula is C16H19FN2O3. The SMILES string of the molecule is O=C(O)C1CCCN(C(=O)NC2CCc3c(F)cccc32)C1. The third-order valence-corrected chi connectivity index (χ3v) is 4.57. The van der Waals surface area contributed by atoms with Crippen molar-refractivity contribution in [3.63, 3.8) is 0 Å². The van der Waals surface area contributed by atoms with Crippen LogP contribution in [0.3, 0.4) is 0 Å². The highest BCUT2D eigenvalue weighted by Crippen LogP contribution is 2.32. The van der Waals surface area contributed by atoms with Crippen molar-refractivity contribution < 1.29 is 19.1 Å². The van der Waals surface area contributed by atoms with E-state index in [1.807, 2.05) is 6.07 Å². The van der Waals surface area contributed by atoms with Crippen molar-refractivity contribution >= 4 is 12.0 Å². The van der Waals surface area contributed by atoms with E-state index >= 15 is 0 Å². The van der Waals surface area contributed by atoms with Gasteiger partial charge in [-0.2, -0.15) is 0 Å². The van der Waals surface area contributed by atoms with Crippen LogP contribution in [0.1, 0.15) is 36.4 Å². The smallest absolute Gasteiger partial charge is 0.317 e. The molecule has 3 rings (SSSR count). The van der Waals surface area contributed by atoms with E-state index in [0.29, 0.717) is 37.8 Å². The van der Waals surface area contributed by atoms with Gasteiger partial charge in [0, 0.05) is 13.1 Å². The molecule has 0 aromatic heterocycles. The number of carboxylic acid groups (broad SMARTS) is 1. The van der Waals surface area contributed by atoms with Gasteiger partial charge in [-0.1, -0.05) is 12.1 Å². The Labute approximate surface area is 128 Å². The molecule has 1 saturated heterocycles. The Morgan fingerprint density at radius 1 is 1.32 bits per heavy atom. The second-order valence-corrected chi connectivity index (χ2v) is 5.97. The third-order valence-electron chi connectivity index (χ3n) is 4.57. The number of hydrogen-bond donors (Lipinski definition) is 2. The number of amides is 2. The van der Waals surface area contributed by atoms with Crippen LogP contribution in [0.2, 0.25) is 0 Å². The lowest BCUT2D eigenvalue weighted by Crippen LogP contribution is -2.47. The first-order valence-electron chi connectivity index (χ1n) is 7.62. The minimum Gasteiger partial charge on any atom is -0.481 e. The van der Waals surface area contributed by atoms with Crippen molar-refractivity contribution in [2.75, 3.05) is 13.1 Å². The van der Waals surface area contributed by atoms with Crippen LogP contribution in [0, 0.1) is 11.7 Å². The van der Waals surface area contributed by atoms with Gasteiger partial charge in [-0.25, -0.2) is 9.18 Å². The number of likely N-dealkylation sites (tertiary alicyclic amines) is 1. The summed E-state index contributed by atoms with van der Waals surface area (Å²) in [5.41, 5.74) is 1.51. The van der Waals surface area contributed by atoms with Crippen LogP contribution in [0.25, 0.3) is 0 Å². The molecule has 0 spiro atoms. The highest BCUT2D eigenvalue weighted by atomic mass is 19.1. The molecule has 1 fully saturated rings. The summed E-state index contributed by atoms with van der Waals surface area (Å²) in [6, 6.07) is 4.48. The topological polar surface area (TPSA) is 69.6 Å². The third kappa shape index (κ3) is 2.77. The lowest BCUT2D eigenvalue weighted by atomic mass is 9.98. The Bertz CT molecular complexity index is 605. The van der Waals surface area contributed by atoms with Gasteiger partial charge in [-0.15, -0.1) is 0 Å². The molecule has 1 aromatic rings.